The van der Waals surface area contributed by atoms with E-state index in [1.54, 1.807) is 0 Å². The van der Waals surface area contributed by atoms with Crippen LogP contribution in [0.25, 0.3) is 0 Å². The van der Waals surface area contributed by atoms with Crippen molar-refractivity contribution in [3.8, 4) is 11.8 Å². The van der Waals surface area contributed by atoms with Crippen LogP contribution in [0.15, 0.2) is 0 Å². The van der Waals surface area contributed by atoms with Crippen LogP contribution in [-0.4, -0.2) is 0 Å². The summed E-state index contributed by atoms with van der Waals surface area (Å²) < 4.78 is 0. The molecule has 0 N–H and O–H groups in total. The van der Waals surface area contributed by atoms with Gasteiger partial charge >= 0.3 is 0 Å². The Balaban J connectivity index is 3.67. The van der Waals surface area contributed by atoms with Crippen LogP contribution in [0.1, 0.15) is 40.5 Å². The van der Waals surface area contributed by atoms with E-state index in [0.717, 1.165) is 6.42 Å². The quantitative estimate of drug-likeness (QED) is 0.496. The smallest absolute Gasteiger partial charge is 0.0140 e. The maximum atomic E-state index is 3.09. The highest BCUT2D eigenvalue weighted by atomic mass is 14.2. The van der Waals surface area contributed by atoms with Gasteiger partial charge in [-0.15, -0.1) is 11.8 Å². The predicted octanol–water partition coefficient (Wildman–Crippen LogP) is 2.84. The Morgan fingerprint density at radius 2 is 1.89 bits per heavy atom. The first-order valence-corrected chi connectivity index (χ1v) is 3.52. The second-order valence-corrected chi connectivity index (χ2v) is 3.12. The van der Waals surface area contributed by atoms with Gasteiger partial charge in [-0.1, -0.05) is 27.2 Å². The van der Waals surface area contributed by atoms with Crippen LogP contribution in [-0.2, 0) is 0 Å². The Morgan fingerprint density at radius 3 is 2.22 bits per heavy atom. The van der Waals surface area contributed by atoms with Crippen LogP contribution in [0.2, 0.25) is 0 Å². The lowest BCUT2D eigenvalue weighted by Crippen LogP contribution is -2.07. The van der Waals surface area contributed by atoms with Crippen LogP contribution in [0, 0.1) is 17.3 Å². The van der Waals surface area contributed by atoms with Crippen molar-refractivity contribution in [2.45, 2.75) is 40.5 Å². The van der Waals surface area contributed by atoms with Crippen molar-refractivity contribution in [2.75, 3.05) is 0 Å². The second kappa shape index (κ2) is 3.56. The molecule has 0 aromatic heterocycles. The minimum atomic E-state index is 0.420. The molecule has 0 saturated carbocycles. The largest absolute Gasteiger partial charge is 0.107 e. The van der Waals surface area contributed by atoms with Crippen LogP contribution >= 0.6 is 0 Å². The Hall–Kier alpha value is -0.440. The molecular weight excluding hydrogens is 108 g/mol. The molecule has 0 saturated heterocycles. The van der Waals surface area contributed by atoms with Gasteiger partial charge in [-0.2, -0.15) is 0 Å². The molecule has 0 nitrogen and oxygen atoms in total. The van der Waals surface area contributed by atoms with Crippen LogP contribution < -0.4 is 0 Å². The Kier molecular flexibility index (Phi) is 3.39. The van der Waals surface area contributed by atoms with Gasteiger partial charge in [0.2, 0.25) is 0 Å². The highest BCUT2D eigenvalue weighted by Crippen LogP contribution is 2.22. The molecule has 0 aromatic carbocycles. The van der Waals surface area contributed by atoms with E-state index in [4.69, 9.17) is 0 Å². The fourth-order valence-corrected chi connectivity index (χ4v) is 0.453. The zero-order valence-electron chi connectivity index (χ0n) is 6.91. The van der Waals surface area contributed by atoms with E-state index in [9.17, 15) is 0 Å². The summed E-state index contributed by atoms with van der Waals surface area (Å²) in [6.07, 6.45) is 2.24. The third kappa shape index (κ3) is 4.09. The van der Waals surface area contributed by atoms with Gasteiger partial charge in [0.25, 0.3) is 0 Å². The molecule has 0 spiro atoms. The standard InChI is InChI=1S/C9H16/c1-5-7-8-9(3,4)6-2/h6,8H2,1-4H3. The molecule has 0 rings (SSSR count). The van der Waals surface area contributed by atoms with Gasteiger partial charge in [0.15, 0.2) is 0 Å². The molecule has 0 amide bonds. The van der Waals surface area contributed by atoms with E-state index in [1.165, 1.54) is 6.42 Å². The molecule has 0 atom stereocenters. The lowest BCUT2D eigenvalue weighted by molar-refractivity contribution is 0.363. The van der Waals surface area contributed by atoms with E-state index < -0.39 is 0 Å². The number of rotatable bonds is 2. The van der Waals surface area contributed by atoms with Gasteiger partial charge in [0.05, 0.1) is 0 Å². The molecule has 52 valence electrons. The third-order valence-corrected chi connectivity index (χ3v) is 1.70. The summed E-state index contributed by atoms with van der Waals surface area (Å²) >= 11 is 0. The predicted molar refractivity (Wildman–Crippen MR) is 42.1 cm³/mol. The van der Waals surface area contributed by atoms with Crippen molar-refractivity contribution in [2.24, 2.45) is 5.41 Å². The normalized spacial score (nSPS) is 10.2. The first-order valence-electron chi connectivity index (χ1n) is 3.52. The topological polar surface area (TPSA) is 0 Å². The summed E-state index contributed by atoms with van der Waals surface area (Å²) in [5.41, 5.74) is 0.420. The van der Waals surface area contributed by atoms with E-state index in [0.29, 0.717) is 5.41 Å². The number of hydrogen-bond donors (Lipinski definition) is 0. The van der Waals surface area contributed by atoms with Gasteiger partial charge in [0, 0.05) is 6.42 Å². The maximum Gasteiger partial charge on any atom is 0.0140 e. The highest BCUT2D eigenvalue weighted by molar-refractivity contribution is 4.98. The molecule has 0 heterocycles. The lowest BCUT2D eigenvalue weighted by atomic mass is 9.87. The van der Waals surface area contributed by atoms with Crippen LogP contribution in [0.4, 0.5) is 0 Å². The molecular formula is C9H16. The zero-order valence-corrected chi connectivity index (χ0v) is 6.91. The second-order valence-electron chi connectivity index (χ2n) is 3.12. The van der Waals surface area contributed by atoms with E-state index in [-0.39, 0.29) is 0 Å². The molecule has 0 radical (unpaired) electrons. The molecule has 0 aliphatic rings. The summed E-state index contributed by atoms with van der Waals surface area (Å²) in [7, 11) is 0. The minimum Gasteiger partial charge on any atom is -0.107 e. The molecule has 0 unspecified atom stereocenters. The molecule has 0 heteroatoms. The van der Waals surface area contributed by atoms with Crippen molar-refractivity contribution in [3.63, 3.8) is 0 Å². The highest BCUT2D eigenvalue weighted by Gasteiger charge is 2.11. The van der Waals surface area contributed by atoms with Crippen LogP contribution in [0.3, 0.4) is 0 Å². The first-order chi connectivity index (χ1) is 4.12. The first kappa shape index (κ1) is 8.56. The van der Waals surface area contributed by atoms with Gasteiger partial charge in [-0.05, 0) is 12.3 Å². The molecule has 0 bridgehead atoms. The fraction of sp³-hybridized carbons (Fsp3) is 0.778. The summed E-state index contributed by atoms with van der Waals surface area (Å²) in [4.78, 5) is 0. The van der Waals surface area contributed by atoms with Gasteiger partial charge in [-0.25, -0.2) is 0 Å². The molecule has 9 heavy (non-hydrogen) atoms. The Morgan fingerprint density at radius 1 is 1.33 bits per heavy atom. The summed E-state index contributed by atoms with van der Waals surface area (Å²) in [6.45, 7) is 8.60. The zero-order chi connectivity index (χ0) is 7.33. The van der Waals surface area contributed by atoms with Crippen molar-refractivity contribution >= 4 is 0 Å². The fourth-order valence-electron chi connectivity index (χ4n) is 0.453. The van der Waals surface area contributed by atoms with Crippen molar-refractivity contribution in [3.05, 3.63) is 0 Å². The summed E-state index contributed by atoms with van der Waals surface area (Å²) in [5, 5.41) is 0. The van der Waals surface area contributed by atoms with Crippen molar-refractivity contribution < 1.29 is 0 Å². The lowest BCUT2D eigenvalue weighted by Gasteiger charge is -2.18. The van der Waals surface area contributed by atoms with Gasteiger partial charge < -0.3 is 0 Å². The SMILES string of the molecule is CC#CCC(C)(C)CC. The summed E-state index contributed by atoms with van der Waals surface area (Å²) in [6, 6.07) is 0. The molecule has 0 aromatic rings. The summed E-state index contributed by atoms with van der Waals surface area (Å²) in [5.74, 6) is 6.00. The van der Waals surface area contributed by atoms with E-state index in [1.807, 2.05) is 6.92 Å². The maximum absolute atomic E-state index is 3.09. The van der Waals surface area contributed by atoms with Crippen LogP contribution in [0.5, 0.6) is 0 Å². The monoisotopic (exact) mass is 124 g/mol. The van der Waals surface area contributed by atoms with Crippen molar-refractivity contribution in [1.82, 2.24) is 0 Å². The Labute approximate surface area is 58.7 Å². The Bertz CT molecular complexity index is 121. The van der Waals surface area contributed by atoms with Crippen molar-refractivity contribution in [1.29, 1.82) is 0 Å². The van der Waals surface area contributed by atoms with E-state index >= 15 is 0 Å². The molecule has 0 aliphatic heterocycles. The minimum absolute atomic E-state index is 0.420. The molecule has 0 aliphatic carbocycles. The van der Waals surface area contributed by atoms with E-state index in [2.05, 4.69) is 32.6 Å². The molecule has 0 fully saturated rings. The average molecular weight is 124 g/mol. The number of hydrogen-bond acceptors (Lipinski definition) is 0. The average Bonchev–Trinajstić information content (AvgIpc) is 1.84. The van der Waals surface area contributed by atoms with Gasteiger partial charge in [-0.3, -0.25) is 0 Å². The van der Waals surface area contributed by atoms with Gasteiger partial charge in [0.1, 0.15) is 0 Å². The third-order valence-electron chi connectivity index (χ3n) is 1.70.